The van der Waals surface area contributed by atoms with Crippen molar-refractivity contribution in [2.45, 2.75) is 76.8 Å². The second-order valence-electron chi connectivity index (χ2n) is 9.13. The molecule has 0 saturated carbocycles. The van der Waals surface area contributed by atoms with Gasteiger partial charge in [-0.3, -0.25) is 9.69 Å². The van der Waals surface area contributed by atoms with E-state index in [-0.39, 0.29) is 0 Å². The van der Waals surface area contributed by atoms with E-state index in [2.05, 4.69) is 31.9 Å². The molecule has 0 spiro atoms. The molecular formula is C23H38N6O. The van der Waals surface area contributed by atoms with Crippen LogP contribution in [0.15, 0.2) is 12.3 Å². The summed E-state index contributed by atoms with van der Waals surface area (Å²) in [5.41, 5.74) is 0. The summed E-state index contributed by atoms with van der Waals surface area (Å²) < 4.78 is 0. The lowest BCUT2D eigenvalue weighted by molar-refractivity contribution is -0.132. The maximum atomic E-state index is 12.1. The van der Waals surface area contributed by atoms with E-state index < -0.39 is 0 Å². The van der Waals surface area contributed by atoms with Crippen LogP contribution in [-0.2, 0) is 4.79 Å². The van der Waals surface area contributed by atoms with Crippen molar-refractivity contribution in [2.24, 2.45) is 0 Å². The van der Waals surface area contributed by atoms with Gasteiger partial charge in [0.2, 0.25) is 11.9 Å². The van der Waals surface area contributed by atoms with E-state index in [1.165, 1.54) is 25.7 Å². The predicted molar refractivity (Wildman–Crippen MR) is 121 cm³/mol. The molecule has 0 aromatic carbocycles. The predicted octanol–water partition coefficient (Wildman–Crippen LogP) is 3.13. The second-order valence-corrected chi connectivity index (χ2v) is 9.13. The highest BCUT2D eigenvalue weighted by Crippen LogP contribution is 2.24. The van der Waals surface area contributed by atoms with Crippen molar-refractivity contribution in [3.63, 3.8) is 0 Å². The number of piperidine rings is 1. The highest BCUT2D eigenvalue weighted by atomic mass is 16.2. The molecule has 0 bridgehead atoms. The maximum absolute atomic E-state index is 12.1. The lowest BCUT2D eigenvalue weighted by atomic mass is 10.0. The van der Waals surface area contributed by atoms with Crippen molar-refractivity contribution in [1.82, 2.24) is 19.8 Å². The van der Waals surface area contributed by atoms with Crippen molar-refractivity contribution in [1.29, 1.82) is 0 Å². The average Bonchev–Trinajstić information content (AvgIpc) is 3.06. The summed E-state index contributed by atoms with van der Waals surface area (Å²) in [6, 6.07) is 3.06. The van der Waals surface area contributed by atoms with E-state index in [1.807, 2.05) is 12.3 Å². The Kier molecular flexibility index (Phi) is 7.42. The first-order valence-corrected chi connectivity index (χ1v) is 12.1. The number of rotatable bonds is 6. The van der Waals surface area contributed by atoms with E-state index in [0.29, 0.717) is 24.4 Å². The van der Waals surface area contributed by atoms with Crippen LogP contribution in [-0.4, -0.2) is 77.0 Å². The van der Waals surface area contributed by atoms with E-state index in [0.717, 1.165) is 76.7 Å². The average molecular weight is 415 g/mol. The first kappa shape index (κ1) is 21.3. The Morgan fingerprint density at radius 2 is 1.83 bits per heavy atom. The minimum absolute atomic E-state index is 0.332. The SMILES string of the molecule is CCCC(=O)N1CCC(N2CCC(Nc3nccc(N4CCCCCC4)n3)C2)CC1. The van der Waals surface area contributed by atoms with Crippen LogP contribution in [0.3, 0.4) is 0 Å². The van der Waals surface area contributed by atoms with Gasteiger partial charge >= 0.3 is 0 Å². The third-order valence-electron chi connectivity index (χ3n) is 6.92. The molecule has 3 aliphatic rings. The van der Waals surface area contributed by atoms with Crippen LogP contribution in [0.4, 0.5) is 11.8 Å². The van der Waals surface area contributed by atoms with Gasteiger partial charge in [-0.1, -0.05) is 19.8 Å². The van der Waals surface area contributed by atoms with Crippen molar-refractivity contribution >= 4 is 17.7 Å². The van der Waals surface area contributed by atoms with Crippen LogP contribution < -0.4 is 10.2 Å². The largest absolute Gasteiger partial charge is 0.356 e. The zero-order valence-corrected chi connectivity index (χ0v) is 18.6. The molecule has 0 aliphatic carbocycles. The topological polar surface area (TPSA) is 64.6 Å². The first-order valence-electron chi connectivity index (χ1n) is 12.1. The number of nitrogens with one attached hydrogen (secondary N) is 1. The van der Waals surface area contributed by atoms with Crippen LogP contribution in [0.25, 0.3) is 0 Å². The maximum Gasteiger partial charge on any atom is 0.224 e. The van der Waals surface area contributed by atoms with Gasteiger partial charge in [0, 0.05) is 64.0 Å². The Balaban J connectivity index is 1.26. The number of anilines is 2. The Morgan fingerprint density at radius 1 is 1.07 bits per heavy atom. The summed E-state index contributed by atoms with van der Waals surface area (Å²) in [4.78, 5) is 28.5. The van der Waals surface area contributed by atoms with Crippen molar-refractivity contribution in [3.05, 3.63) is 12.3 Å². The smallest absolute Gasteiger partial charge is 0.224 e. The van der Waals surface area contributed by atoms with Crippen LogP contribution in [0.1, 0.15) is 64.7 Å². The monoisotopic (exact) mass is 414 g/mol. The number of carbonyl (C=O) groups excluding carboxylic acids is 1. The fourth-order valence-corrected chi connectivity index (χ4v) is 5.17. The van der Waals surface area contributed by atoms with Crippen molar-refractivity contribution in [3.8, 4) is 0 Å². The normalized spacial score (nSPS) is 24.1. The molecule has 3 fully saturated rings. The van der Waals surface area contributed by atoms with Crippen molar-refractivity contribution in [2.75, 3.05) is 49.5 Å². The molecule has 1 atom stereocenters. The molecule has 4 heterocycles. The fourth-order valence-electron chi connectivity index (χ4n) is 5.17. The summed E-state index contributed by atoms with van der Waals surface area (Å²) in [5.74, 6) is 2.16. The van der Waals surface area contributed by atoms with Crippen LogP contribution >= 0.6 is 0 Å². The molecular weight excluding hydrogens is 376 g/mol. The van der Waals surface area contributed by atoms with Crippen molar-refractivity contribution < 1.29 is 4.79 Å². The minimum atomic E-state index is 0.332. The van der Waals surface area contributed by atoms with Gasteiger partial charge in [-0.05, 0) is 44.6 Å². The molecule has 1 unspecified atom stereocenters. The van der Waals surface area contributed by atoms with Crippen LogP contribution in [0, 0.1) is 0 Å². The van der Waals surface area contributed by atoms with E-state index in [1.54, 1.807) is 0 Å². The first-order chi connectivity index (χ1) is 14.7. The molecule has 4 rings (SSSR count). The Labute approximate surface area is 181 Å². The number of aromatic nitrogens is 2. The molecule has 30 heavy (non-hydrogen) atoms. The summed E-state index contributed by atoms with van der Waals surface area (Å²) >= 11 is 0. The molecule has 3 aliphatic heterocycles. The van der Waals surface area contributed by atoms with Gasteiger partial charge in [0.15, 0.2) is 0 Å². The number of likely N-dealkylation sites (tertiary alicyclic amines) is 2. The summed E-state index contributed by atoms with van der Waals surface area (Å²) in [7, 11) is 0. The molecule has 0 radical (unpaired) electrons. The van der Waals surface area contributed by atoms with Gasteiger partial charge in [-0.2, -0.15) is 4.98 Å². The quantitative estimate of drug-likeness (QED) is 0.772. The number of nitrogens with zero attached hydrogens (tertiary/aromatic N) is 5. The summed E-state index contributed by atoms with van der Waals surface area (Å²) in [6.07, 6.45) is 12.0. The molecule has 166 valence electrons. The van der Waals surface area contributed by atoms with E-state index in [9.17, 15) is 4.79 Å². The highest BCUT2D eigenvalue weighted by molar-refractivity contribution is 5.76. The zero-order valence-electron chi connectivity index (χ0n) is 18.6. The van der Waals surface area contributed by atoms with Gasteiger partial charge < -0.3 is 15.1 Å². The minimum Gasteiger partial charge on any atom is -0.356 e. The second kappa shape index (κ2) is 10.4. The van der Waals surface area contributed by atoms with Crippen LogP contribution in [0.5, 0.6) is 0 Å². The van der Waals surface area contributed by atoms with Gasteiger partial charge in [-0.15, -0.1) is 0 Å². The lowest BCUT2D eigenvalue weighted by Crippen LogP contribution is -2.46. The van der Waals surface area contributed by atoms with Gasteiger partial charge in [-0.25, -0.2) is 4.98 Å². The molecule has 7 heteroatoms. The summed E-state index contributed by atoms with van der Waals surface area (Å²) in [6.45, 7) is 8.29. The molecule has 1 aromatic rings. The third-order valence-corrected chi connectivity index (χ3v) is 6.92. The van der Waals surface area contributed by atoms with Gasteiger partial charge in [0.1, 0.15) is 5.82 Å². The molecule has 1 amide bonds. The van der Waals surface area contributed by atoms with Gasteiger partial charge in [0.05, 0.1) is 0 Å². The number of hydrogen-bond acceptors (Lipinski definition) is 6. The Bertz CT molecular complexity index is 682. The number of carbonyl (C=O) groups is 1. The lowest BCUT2D eigenvalue weighted by Gasteiger charge is -2.36. The zero-order chi connectivity index (χ0) is 20.8. The molecule has 1 aromatic heterocycles. The van der Waals surface area contributed by atoms with Gasteiger partial charge in [0.25, 0.3) is 0 Å². The number of amides is 1. The molecule has 1 N–H and O–H groups in total. The van der Waals surface area contributed by atoms with E-state index >= 15 is 0 Å². The standard InChI is InChI=1S/C23H38N6O/c1-2-7-22(30)28-16-10-20(11-17-28)29-15-9-19(18-29)25-23-24-12-8-21(26-23)27-13-5-3-4-6-14-27/h8,12,19-20H,2-7,9-11,13-18H2,1H3,(H,24,25,26). The highest BCUT2D eigenvalue weighted by Gasteiger charge is 2.32. The molecule has 3 saturated heterocycles. The Morgan fingerprint density at radius 3 is 2.57 bits per heavy atom. The summed E-state index contributed by atoms with van der Waals surface area (Å²) in [5, 5.41) is 3.59. The van der Waals surface area contributed by atoms with E-state index in [4.69, 9.17) is 4.98 Å². The van der Waals surface area contributed by atoms with Crippen LogP contribution in [0.2, 0.25) is 0 Å². The Hall–Kier alpha value is -1.89. The third kappa shape index (κ3) is 5.42. The molecule has 7 nitrogen and oxygen atoms in total. The fraction of sp³-hybridized carbons (Fsp3) is 0.783. The number of hydrogen-bond donors (Lipinski definition) is 1.